The Balaban J connectivity index is 1.48. The van der Waals surface area contributed by atoms with E-state index in [4.69, 9.17) is 10.1 Å². The summed E-state index contributed by atoms with van der Waals surface area (Å²) in [6.07, 6.45) is 9.19. The molecular formula is C26H33N7. The van der Waals surface area contributed by atoms with E-state index in [1.807, 2.05) is 12.1 Å². The minimum Gasteiger partial charge on any atom is -0.245 e. The highest BCUT2D eigenvalue weighted by Crippen LogP contribution is 2.25. The largest absolute Gasteiger partial charge is 0.245 e. The van der Waals surface area contributed by atoms with Gasteiger partial charge in [0.15, 0.2) is 5.82 Å². The van der Waals surface area contributed by atoms with Crippen LogP contribution in [-0.4, -0.2) is 35.4 Å². The van der Waals surface area contributed by atoms with Crippen molar-refractivity contribution in [3.05, 3.63) is 65.7 Å². The standard InChI is InChI=1S/C26H33N7/c1-3-5-7-12-24-27-25(13-8-6-4-2)33(30-24)19-20-14-16-21(17-15-20)22-10-9-11-23(18-22)26-28-31-32-29-26/h9-11,14-18H,3-8,12-13,19H2,1-2H3,(H,28,29,31,32). The second kappa shape index (κ2) is 11.5. The molecule has 33 heavy (non-hydrogen) atoms. The predicted octanol–water partition coefficient (Wildman–Crippen LogP) is 5.64. The van der Waals surface area contributed by atoms with Gasteiger partial charge in [-0.15, -0.1) is 10.2 Å². The molecule has 0 aliphatic heterocycles. The Hall–Kier alpha value is -3.35. The maximum atomic E-state index is 4.88. The molecule has 0 unspecified atom stereocenters. The molecular weight excluding hydrogens is 410 g/mol. The lowest BCUT2D eigenvalue weighted by Gasteiger charge is -2.08. The van der Waals surface area contributed by atoms with E-state index in [0.717, 1.165) is 54.1 Å². The maximum absolute atomic E-state index is 4.88. The van der Waals surface area contributed by atoms with Crippen LogP contribution in [0.3, 0.4) is 0 Å². The van der Waals surface area contributed by atoms with Crippen molar-refractivity contribution in [3.63, 3.8) is 0 Å². The van der Waals surface area contributed by atoms with Gasteiger partial charge in [0, 0.05) is 18.4 Å². The Labute approximate surface area is 195 Å². The van der Waals surface area contributed by atoms with Gasteiger partial charge in [0.05, 0.1) is 6.54 Å². The number of H-pyrrole nitrogens is 1. The number of aryl methyl sites for hydroxylation is 2. The summed E-state index contributed by atoms with van der Waals surface area (Å²) in [4.78, 5) is 4.88. The van der Waals surface area contributed by atoms with Gasteiger partial charge in [-0.3, -0.25) is 0 Å². The molecule has 172 valence electrons. The lowest BCUT2D eigenvalue weighted by Crippen LogP contribution is -2.07. The molecule has 2 aromatic heterocycles. The molecule has 0 radical (unpaired) electrons. The first-order valence-electron chi connectivity index (χ1n) is 12.1. The highest BCUT2D eigenvalue weighted by Gasteiger charge is 2.11. The molecule has 0 amide bonds. The zero-order valence-corrected chi connectivity index (χ0v) is 19.7. The number of aromatic amines is 1. The van der Waals surface area contributed by atoms with Gasteiger partial charge in [0.25, 0.3) is 0 Å². The van der Waals surface area contributed by atoms with Crippen molar-refractivity contribution >= 4 is 0 Å². The van der Waals surface area contributed by atoms with E-state index in [1.54, 1.807) is 0 Å². The van der Waals surface area contributed by atoms with Crippen LogP contribution in [0.15, 0.2) is 48.5 Å². The van der Waals surface area contributed by atoms with Gasteiger partial charge in [-0.2, -0.15) is 10.3 Å². The second-order valence-electron chi connectivity index (χ2n) is 8.53. The predicted molar refractivity (Wildman–Crippen MR) is 131 cm³/mol. The molecule has 2 heterocycles. The molecule has 7 nitrogen and oxygen atoms in total. The van der Waals surface area contributed by atoms with Crippen LogP contribution in [0.5, 0.6) is 0 Å². The minimum atomic E-state index is 0.602. The van der Waals surface area contributed by atoms with Gasteiger partial charge >= 0.3 is 0 Å². The summed E-state index contributed by atoms with van der Waals surface area (Å²) in [5.74, 6) is 2.71. The highest BCUT2D eigenvalue weighted by atomic mass is 15.5. The van der Waals surface area contributed by atoms with Crippen molar-refractivity contribution in [2.45, 2.75) is 71.8 Å². The smallest absolute Gasteiger partial charge is 0.204 e. The number of rotatable bonds is 12. The number of aromatic nitrogens is 7. The van der Waals surface area contributed by atoms with E-state index in [-0.39, 0.29) is 0 Å². The molecule has 0 aliphatic carbocycles. The Morgan fingerprint density at radius 2 is 1.58 bits per heavy atom. The third-order valence-electron chi connectivity index (χ3n) is 5.89. The maximum Gasteiger partial charge on any atom is 0.204 e. The van der Waals surface area contributed by atoms with Gasteiger partial charge in [0.1, 0.15) is 5.82 Å². The minimum absolute atomic E-state index is 0.602. The fourth-order valence-electron chi connectivity index (χ4n) is 4.01. The zero-order chi connectivity index (χ0) is 22.9. The molecule has 4 aromatic rings. The van der Waals surface area contributed by atoms with E-state index < -0.39 is 0 Å². The molecule has 7 heteroatoms. The summed E-state index contributed by atoms with van der Waals surface area (Å²) in [5, 5.41) is 19.2. The van der Waals surface area contributed by atoms with Gasteiger partial charge < -0.3 is 0 Å². The van der Waals surface area contributed by atoms with Crippen molar-refractivity contribution < 1.29 is 0 Å². The summed E-state index contributed by atoms with van der Waals surface area (Å²) < 4.78 is 2.11. The summed E-state index contributed by atoms with van der Waals surface area (Å²) in [6, 6.07) is 16.9. The Kier molecular flexibility index (Phi) is 7.95. The Bertz CT molecular complexity index is 1110. The van der Waals surface area contributed by atoms with Crippen LogP contribution in [0.2, 0.25) is 0 Å². The number of hydrogen-bond donors (Lipinski definition) is 1. The first kappa shape index (κ1) is 22.8. The third-order valence-corrected chi connectivity index (χ3v) is 5.89. The van der Waals surface area contributed by atoms with Crippen molar-refractivity contribution in [1.82, 2.24) is 35.4 Å². The number of nitrogens with one attached hydrogen (secondary N) is 1. The van der Waals surface area contributed by atoms with Crippen molar-refractivity contribution in [2.75, 3.05) is 0 Å². The van der Waals surface area contributed by atoms with Crippen LogP contribution in [0, 0.1) is 0 Å². The molecule has 2 aromatic carbocycles. The molecule has 0 aliphatic rings. The van der Waals surface area contributed by atoms with E-state index >= 15 is 0 Å². The van der Waals surface area contributed by atoms with Gasteiger partial charge in [-0.25, -0.2) is 9.67 Å². The monoisotopic (exact) mass is 443 g/mol. The second-order valence-corrected chi connectivity index (χ2v) is 8.53. The summed E-state index contributed by atoms with van der Waals surface area (Å²) >= 11 is 0. The first-order valence-corrected chi connectivity index (χ1v) is 12.1. The fraction of sp³-hybridized carbons (Fsp3) is 0.423. The van der Waals surface area contributed by atoms with Crippen molar-refractivity contribution in [1.29, 1.82) is 0 Å². The zero-order valence-electron chi connectivity index (χ0n) is 19.7. The summed E-state index contributed by atoms with van der Waals surface area (Å²) in [5.41, 5.74) is 4.46. The average molecular weight is 444 g/mol. The van der Waals surface area contributed by atoms with Crippen LogP contribution in [-0.2, 0) is 19.4 Å². The summed E-state index contributed by atoms with van der Waals surface area (Å²) in [7, 11) is 0. The van der Waals surface area contributed by atoms with E-state index in [2.05, 4.69) is 75.6 Å². The van der Waals surface area contributed by atoms with Crippen molar-refractivity contribution in [2.24, 2.45) is 0 Å². The first-order chi connectivity index (χ1) is 16.3. The molecule has 0 spiro atoms. The van der Waals surface area contributed by atoms with Gasteiger partial charge in [-0.1, -0.05) is 82.0 Å². The average Bonchev–Trinajstić information content (AvgIpc) is 3.51. The number of tetrazole rings is 1. The van der Waals surface area contributed by atoms with E-state index in [1.165, 1.54) is 37.7 Å². The molecule has 1 N–H and O–H groups in total. The number of hydrogen-bond acceptors (Lipinski definition) is 5. The molecule has 0 saturated heterocycles. The van der Waals surface area contributed by atoms with Crippen LogP contribution in [0.1, 0.15) is 69.6 Å². The Morgan fingerprint density at radius 1 is 0.818 bits per heavy atom. The van der Waals surface area contributed by atoms with Crippen molar-refractivity contribution in [3.8, 4) is 22.5 Å². The molecule has 4 rings (SSSR count). The Morgan fingerprint density at radius 3 is 2.30 bits per heavy atom. The number of unbranched alkanes of at least 4 members (excludes halogenated alkanes) is 4. The van der Waals surface area contributed by atoms with Gasteiger partial charge in [0.2, 0.25) is 5.82 Å². The lowest BCUT2D eigenvalue weighted by atomic mass is 10.0. The quantitative estimate of drug-likeness (QED) is 0.286. The van der Waals surface area contributed by atoms with E-state index in [0.29, 0.717) is 5.82 Å². The van der Waals surface area contributed by atoms with Crippen LogP contribution < -0.4 is 0 Å². The fourth-order valence-corrected chi connectivity index (χ4v) is 4.01. The topological polar surface area (TPSA) is 85.2 Å². The lowest BCUT2D eigenvalue weighted by molar-refractivity contribution is 0.601. The van der Waals surface area contributed by atoms with E-state index in [9.17, 15) is 0 Å². The van der Waals surface area contributed by atoms with Crippen LogP contribution >= 0.6 is 0 Å². The van der Waals surface area contributed by atoms with Gasteiger partial charge in [-0.05, 0) is 40.8 Å². The third kappa shape index (κ3) is 6.12. The highest BCUT2D eigenvalue weighted by molar-refractivity contribution is 5.70. The molecule has 0 bridgehead atoms. The number of nitrogens with zero attached hydrogens (tertiary/aromatic N) is 6. The molecule has 0 atom stereocenters. The molecule has 0 saturated carbocycles. The SMILES string of the molecule is CCCCCc1nc(CCCCC)n(Cc2ccc(-c3cccc(-c4nn[nH]n4)c3)cc2)n1. The normalized spacial score (nSPS) is 11.2. The van der Waals surface area contributed by atoms with Crippen LogP contribution in [0.25, 0.3) is 22.5 Å². The molecule has 0 fully saturated rings. The van der Waals surface area contributed by atoms with Crippen LogP contribution in [0.4, 0.5) is 0 Å². The summed E-state index contributed by atoms with van der Waals surface area (Å²) in [6.45, 7) is 5.22. The number of benzene rings is 2.